The fraction of sp³-hybridized carbons (Fsp3) is 0.579. The summed E-state index contributed by atoms with van der Waals surface area (Å²) in [6.45, 7) is 7.26. The van der Waals surface area contributed by atoms with E-state index in [1.54, 1.807) is 0 Å². The molecule has 126 valence electrons. The Morgan fingerprint density at radius 3 is 2.39 bits per heavy atom. The third-order valence-corrected chi connectivity index (χ3v) is 4.58. The molecule has 0 aliphatic carbocycles. The number of benzene rings is 1. The summed E-state index contributed by atoms with van der Waals surface area (Å²) >= 11 is 0. The predicted octanol–water partition coefficient (Wildman–Crippen LogP) is 3.03. The lowest BCUT2D eigenvalue weighted by Crippen LogP contribution is -2.50. The first kappa shape index (κ1) is 17.7. The van der Waals surface area contributed by atoms with E-state index in [9.17, 15) is 9.59 Å². The Kier molecular flexibility index (Phi) is 6.34. The van der Waals surface area contributed by atoms with E-state index in [2.05, 4.69) is 24.1 Å². The zero-order valence-electron chi connectivity index (χ0n) is 14.3. The molecule has 0 saturated carbocycles. The summed E-state index contributed by atoms with van der Waals surface area (Å²) in [5.41, 5.74) is 0.731. The highest BCUT2D eigenvalue weighted by molar-refractivity contribution is 5.96. The Hall–Kier alpha value is -1.68. The van der Waals surface area contributed by atoms with Crippen LogP contribution in [0.15, 0.2) is 30.3 Å². The lowest BCUT2D eigenvalue weighted by atomic mass is 10.0. The number of carbonyl (C=O) groups is 2. The summed E-state index contributed by atoms with van der Waals surface area (Å²) in [7, 11) is 0. The van der Waals surface area contributed by atoms with Crippen LogP contribution in [0.1, 0.15) is 56.3 Å². The number of hydrogen-bond donors (Lipinski definition) is 1. The van der Waals surface area contributed by atoms with Crippen LogP contribution in [0.5, 0.6) is 0 Å². The molecule has 1 aliphatic rings. The zero-order chi connectivity index (χ0) is 16.7. The van der Waals surface area contributed by atoms with Crippen molar-refractivity contribution in [2.75, 3.05) is 19.6 Å². The Bertz CT molecular complexity index is 519. The average molecular weight is 316 g/mol. The van der Waals surface area contributed by atoms with E-state index in [0.717, 1.165) is 18.7 Å². The molecule has 1 saturated heterocycles. The molecule has 0 unspecified atom stereocenters. The standard InChI is InChI=1S/C19H28N2O2/c1-19(2,21-13-6-7-14-21)15-20-18(23)12-8-11-17(22)16-9-4-3-5-10-16/h3-5,9-10H,6-8,11-15H2,1-2H3,(H,20,23). The third-order valence-electron chi connectivity index (χ3n) is 4.58. The molecule has 1 fully saturated rings. The summed E-state index contributed by atoms with van der Waals surface area (Å²) in [5.74, 6) is 0.147. The highest BCUT2D eigenvalue weighted by Gasteiger charge is 2.29. The van der Waals surface area contributed by atoms with Crippen molar-refractivity contribution in [3.8, 4) is 0 Å². The van der Waals surface area contributed by atoms with Crippen LogP contribution in [0.4, 0.5) is 0 Å². The first-order valence-electron chi connectivity index (χ1n) is 8.59. The second-order valence-corrected chi connectivity index (χ2v) is 6.93. The minimum absolute atomic E-state index is 0.00597. The minimum Gasteiger partial charge on any atom is -0.354 e. The molecular weight excluding hydrogens is 288 g/mol. The maximum atomic E-state index is 12.0. The smallest absolute Gasteiger partial charge is 0.220 e. The van der Waals surface area contributed by atoms with Gasteiger partial charge in [0.1, 0.15) is 0 Å². The van der Waals surface area contributed by atoms with Crippen molar-refractivity contribution in [3.05, 3.63) is 35.9 Å². The second-order valence-electron chi connectivity index (χ2n) is 6.93. The SMILES string of the molecule is CC(C)(CNC(=O)CCCC(=O)c1ccccc1)N1CCCC1. The molecule has 4 nitrogen and oxygen atoms in total. The Balaban J connectivity index is 1.66. The van der Waals surface area contributed by atoms with Gasteiger partial charge in [0.15, 0.2) is 5.78 Å². The number of rotatable bonds is 8. The van der Waals surface area contributed by atoms with E-state index >= 15 is 0 Å². The molecule has 1 aromatic carbocycles. The van der Waals surface area contributed by atoms with Crippen molar-refractivity contribution >= 4 is 11.7 Å². The van der Waals surface area contributed by atoms with Gasteiger partial charge in [0, 0.05) is 30.5 Å². The van der Waals surface area contributed by atoms with Gasteiger partial charge in [-0.3, -0.25) is 14.5 Å². The van der Waals surface area contributed by atoms with Gasteiger partial charge < -0.3 is 5.32 Å². The van der Waals surface area contributed by atoms with Crippen LogP contribution in [0, 0.1) is 0 Å². The molecule has 4 heteroatoms. The van der Waals surface area contributed by atoms with Crippen molar-refractivity contribution in [3.63, 3.8) is 0 Å². The first-order chi connectivity index (χ1) is 11.0. The molecule has 1 amide bonds. The minimum atomic E-state index is 0.00597. The van der Waals surface area contributed by atoms with E-state index < -0.39 is 0 Å². The number of amides is 1. The van der Waals surface area contributed by atoms with Crippen LogP contribution >= 0.6 is 0 Å². The molecule has 0 atom stereocenters. The summed E-state index contributed by atoms with van der Waals surface area (Å²) in [5, 5.41) is 3.02. The van der Waals surface area contributed by atoms with Crippen LogP contribution in [0.2, 0.25) is 0 Å². The number of ketones is 1. The highest BCUT2D eigenvalue weighted by atomic mass is 16.1. The number of carbonyl (C=O) groups excluding carboxylic acids is 2. The van der Waals surface area contributed by atoms with Crippen LogP contribution < -0.4 is 5.32 Å². The summed E-state index contributed by atoms with van der Waals surface area (Å²) in [6, 6.07) is 9.26. The van der Waals surface area contributed by atoms with Gasteiger partial charge in [0.25, 0.3) is 0 Å². The Labute approximate surface area is 139 Å². The van der Waals surface area contributed by atoms with Crippen molar-refractivity contribution in [1.82, 2.24) is 10.2 Å². The maximum absolute atomic E-state index is 12.0. The van der Waals surface area contributed by atoms with Gasteiger partial charge in [-0.1, -0.05) is 30.3 Å². The first-order valence-corrected chi connectivity index (χ1v) is 8.59. The summed E-state index contributed by atoms with van der Waals surface area (Å²) in [4.78, 5) is 26.4. The molecule has 0 spiro atoms. The normalized spacial score (nSPS) is 15.6. The monoisotopic (exact) mass is 316 g/mol. The second kappa shape index (κ2) is 8.25. The molecular formula is C19H28N2O2. The van der Waals surface area contributed by atoms with Crippen LogP contribution in [-0.4, -0.2) is 41.8 Å². The van der Waals surface area contributed by atoms with Gasteiger partial charge in [-0.2, -0.15) is 0 Å². The quantitative estimate of drug-likeness (QED) is 0.750. The van der Waals surface area contributed by atoms with Gasteiger partial charge >= 0.3 is 0 Å². The molecule has 1 aliphatic heterocycles. The maximum Gasteiger partial charge on any atom is 0.220 e. The summed E-state index contributed by atoms with van der Waals surface area (Å²) < 4.78 is 0. The van der Waals surface area contributed by atoms with Crippen LogP contribution in [-0.2, 0) is 4.79 Å². The van der Waals surface area contributed by atoms with Crippen LogP contribution in [0.3, 0.4) is 0 Å². The largest absolute Gasteiger partial charge is 0.354 e. The topological polar surface area (TPSA) is 49.4 Å². The molecule has 2 rings (SSSR count). The molecule has 1 aromatic rings. The molecule has 1 heterocycles. The number of Topliss-reactive ketones (excluding diaryl/α,β-unsaturated/α-hetero) is 1. The fourth-order valence-electron chi connectivity index (χ4n) is 3.02. The summed E-state index contributed by atoms with van der Waals surface area (Å²) in [6.07, 6.45) is 3.93. The van der Waals surface area contributed by atoms with Gasteiger partial charge in [-0.25, -0.2) is 0 Å². The number of nitrogens with zero attached hydrogens (tertiary/aromatic N) is 1. The lowest BCUT2D eigenvalue weighted by Gasteiger charge is -2.35. The molecule has 1 N–H and O–H groups in total. The van der Waals surface area contributed by atoms with Gasteiger partial charge in [0.05, 0.1) is 0 Å². The zero-order valence-corrected chi connectivity index (χ0v) is 14.3. The Morgan fingerprint density at radius 1 is 1.09 bits per heavy atom. The van der Waals surface area contributed by atoms with E-state index in [4.69, 9.17) is 0 Å². The van der Waals surface area contributed by atoms with Crippen LogP contribution in [0.25, 0.3) is 0 Å². The molecule has 0 aromatic heterocycles. The Morgan fingerprint density at radius 2 is 1.74 bits per heavy atom. The number of hydrogen-bond acceptors (Lipinski definition) is 3. The van der Waals surface area contributed by atoms with Gasteiger partial charge in [0.2, 0.25) is 5.91 Å². The van der Waals surface area contributed by atoms with Crippen molar-refractivity contribution in [1.29, 1.82) is 0 Å². The molecule has 0 bridgehead atoms. The third kappa shape index (κ3) is 5.47. The predicted molar refractivity (Wildman–Crippen MR) is 92.5 cm³/mol. The number of nitrogens with one attached hydrogen (secondary N) is 1. The average Bonchev–Trinajstić information content (AvgIpc) is 3.09. The van der Waals surface area contributed by atoms with Crippen molar-refractivity contribution in [2.45, 2.75) is 51.5 Å². The van der Waals surface area contributed by atoms with E-state index in [-0.39, 0.29) is 17.2 Å². The van der Waals surface area contributed by atoms with Gasteiger partial charge in [-0.15, -0.1) is 0 Å². The lowest BCUT2D eigenvalue weighted by molar-refractivity contribution is -0.121. The van der Waals surface area contributed by atoms with E-state index in [0.29, 0.717) is 25.8 Å². The van der Waals surface area contributed by atoms with Gasteiger partial charge in [-0.05, 0) is 46.2 Å². The van der Waals surface area contributed by atoms with Crippen molar-refractivity contribution < 1.29 is 9.59 Å². The number of likely N-dealkylation sites (tertiary alicyclic amines) is 1. The highest BCUT2D eigenvalue weighted by Crippen LogP contribution is 2.20. The fourth-order valence-corrected chi connectivity index (χ4v) is 3.02. The molecule has 0 radical (unpaired) electrons. The molecule has 23 heavy (non-hydrogen) atoms. The van der Waals surface area contributed by atoms with Crippen molar-refractivity contribution in [2.24, 2.45) is 0 Å². The van der Waals surface area contributed by atoms with E-state index in [1.807, 2.05) is 30.3 Å². The van der Waals surface area contributed by atoms with E-state index in [1.165, 1.54) is 12.8 Å².